The molecular formula is C20H17O2P. The minimum Gasteiger partial charge on any atom is -0.481 e. The molecule has 0 heterocycles. The second kappa shape index (κ2) is 7.21. The van der Waals surface area contributed by atoms with Crippen LogP contribution in [0.3, 0.4) is 0 Å². The maximum atomic E-state index is 10.8. The second-order valence-electron chi connectivity index (χ2n) is 5.24. The summed E-state index contributed by atoms with van der Waals surface area (Å²) in [6, 6.07) is 28.9. The van der Waals surface area contributed by atoms with Crippen LogP contribution in [0.4, 0.5) is 0 Å². The lowest BCUT2D eigenvalue weighted by Crippen LogP contribution is -2.20. The molecule has 2 nitrogen and oxygen atoms in total. The summed E-state index contributed by atoms with van der Waals surface area (Å²) in [5.41, 5.74) is 0.831. The third-order valence-electron chi connectivity index (χ3n) is 3.58. The SMILES string of the molecule is O=C(O)Cc1ccc(P(c2ccccc2)c2ccccc2)cc1. The summed E-state index contributed by atoms with van der Waals surface area (Å²) in [7, 11) is -0.626. The van der Waals surface area contributed by atoms with Crippen LogP contribution in [-0.2, 0) is 11.2 Å². The summed E-state index contributed by atoms with van der Waals surface area (Å²) in [5, 5.41) is 12.7. The Bertz CT molecular complexity index is 728. The normalized spacial score (nSPS) is 10.7. The Balaban J connectivity index is 2.00. The van der Waals surface area contributed by atoms with Crippen LogP contribution in [-0.4, -0.2) is 11.1 Å². The standard InChI is InChI=1S/C20H17O2P/c21-20(22)15-16-11-13-19(14-12-16)23(17-7-3-1-4-8-17)18-9-5-2-6-10-18/h1-14H,15H2,(H,21,22). The van der Waals surface area contributed by atoms with Gasteiger partial charge in [-0.3, -0.25) is 4.79 Å². The third-order valence-corrected chi connectivity index (χ3v) is 6.02. The van der Waals surface area contributed by atoms with Gasteiger partial charge in [0.2, 0.25) is 0 Å². The number of hydrogen-bond donors (Lipinski definition) is 1. The van der Waals surface area contributed by atoms with Crippen molar-refractivity contribution in [2.45, 2.75) is 6.42 Å². The molecule has 0 fully saturated rings. The molecule has 3 heteroatoms. The number of rotatable bonds is 5. The van der Waals surface area contributed by atoms with Gasteiger partial charge in [0.15, 0.2) is 0 Å². The summed E-state index contributed by atoms with van der Waals surface area (Å²) in [6.45, 7) is 0. The zero-order valence-electron chi connectivity index (χ0n) is 12.6. The minimum absolute atomic E-state index is 0.0644. The molecule has 0 atom stereocenters. The van der Waals surface area contributed by atoms with Gasteiger partial charge >= 0.3 is 5.97 Å². The second-order valence-corrected chi connectivity index (χ2v) is 7.46. The number of aliphatic carboxylic acids is 1. The monoisotopic (exact) mass is 320 g/mol. The first kappa shape index (κ1) is 15.5. The first-order chi connectivity index (χ1) is 11.2. The van der Waals surface area contributed by atoms with Crippen LogP contribution in [0.2, 0.25) is 0 Å². The number of benzene rings is 3. The van der Waals surface area contributed by atoms with Crippen LogP contribution in [0.5, 0.6) is 0 Å². The summed E-state index contributed by atoms with van der Waals surface area (Å²) >= 11 is 0. The zero-order chi connectivity index (χ0) is 16.1. The van der Waals surface area contributed by atoms with Crippen molar-refractivity contribution in [1.82, 2.24) is 0 Å². The van der Waals surface area contributed by atoms with Crippen molar-refractivity contribution in [3.05, 3.63) is 90.5 Å². The Labute approximate surface area is 137 Å². The molecule has 0 bridgehead atoms. The fraction of sp³-hybridized carbons (Fsp3) is 0.0500. The summed E-state index contributed by atoms with van der Waals surface area (Å²) in [4.78, 5) is 10.8. The Morgan fingerprint density at radius 2 is 1.13 bits per heavy atom. The van der Waals surface area contributed by atoms with Gasteiger partial charge in [-0.2, -0.15) is 0 Å². The van der Waals surface area contributed by atoms with E-state index in [1.54, 1.807) is 0 Å². The highest BCUT2D eigenvalue weighted by Crippen LogP contribution is 2.32. The van der Waals surface area contributed by atoms with Crippen molar-refractivity contribution in [2.24, 2.45) is 0 Å². The van der Waals surface area contributed by atoms with Crippen LogP contribution < -0.4 is 15.9 Å². The topological polar surface area (TPSA) is 37.3 Å². The van der Waals surface area contributed by atoms with Crippen molar-refractivity contribution in [2.75, 3.05) is 0 Å². The number of hydrogen-bond acceptors (Lipinski definition) is 1. The Morgan fingerprint density at radius 3 is 1.57 bits per heavy atom. The van der Waals surface area contributed by atoms with E-state index in [0.29, 0.717) is 0 Å². The lowest BCUT2D eigenvalue weighted by Gasteiger charge is -2.19. The molecule has 0 radical (unpaired) electrons. The van der Waals surface area contributed by atoms with Crippen molar-refractivity contribution in [1.29, 1.82) is 0 Å². The Kier molecular flexibility index (Phi) is 4.85. The first-order valence-corrected chi connectivity index (χ1v) is 8.79. The van der Waals surface area contributed by atoms with Crippen molar-refractivity contribution >= 4 is 29.8 Å². The molecule has 0 spiro atoms. The van der Waals surface area contributed by atoms with Gasteiger partial charge in [0.1, 0.15) is 0 Å². The molecule has 23 heavy (non-hydrogen) atoms. The largest absolute Gasteiger partial charge is 0.481 e. The van der Waals surface area contributed by atoms with Gasteiger partial charge in [0.05, 0.1) is 6.42 Å². The maximum absolute atomic E-state index is 10.8. The molecule has 0 aliphatic rings. The Hall–Kier alpha value is -2.44. The van der Waals surface area contributed by atoms with Crippen molar-refractivity contribution in [3.63, 3.8) is 0 Å². The van der Waals surface area contributed by atoms with E-state index >= 15 is 0 Å². The van der Waals surface area contributed by atoms with Gasteiger partial charge in [-0.25, -0.2) is 0 Å². The molecule has 0 saturated carbocycles. The van der Waals surface area contributed by atoms with Gasteiger partial charge in [-0.05, 0) is 29.4 Å². The van der Waals surface area contributed by atoms with Gasteiger partial charge in [-0.15, -0.1) is 0 Å². The van der Waals surface area contributed by atoms with Crippen LogP contribution in [0.25, 0.3) is 0 Å². The van der Waals surface area contributed by atoms with E-state index in [1.807, 2.05) is 24.3 Å². The van der Waals surface area contributed by atoms with E-state index in [-0.39, 0.29) is 6.42 Å². The molecule has 3 aromatic rings. The van der Waals surface area contributed by atoms with Gasteiger partial charge < -0.3 is 5.11 Å². The summed E-state index contributed by atoms with van der Waals surface area (Å²) < 4.78 is 0. The number of carboxylic acids is 1. The lowest BCUT2D eigenvalue weighted by atomic mass is 10.2. The smallest absolute Gasteiger partial charge is 0.307 e. The zero-order valence-corrected chi connectivity index (χ0v) is 13.5. The Morgan fingerprint density at radius 1 is 0.696 bits per heavy atom. The average Bonchev–Trinajstić information content (AvgIpc) is 2.58. The minimum atomic E-state index is -0.800. The van der Waals surface area contributed by atoms with E-state index in [9.17, 15) is 4.79 Å². The molecule has 3 rings (SSSR count). The molecule has 0 aliphatic heterocycles. The highest BCUT2D eigenvalue weighted by atomic mass is 31.1. The van der Waals surface area contributed by atoms with E-state index in [2.05, 4.69) is 60.7 Å². The summed E-state index contributed by atoms with van der Waals surface area (Å²) in [5.74, 6) is -0.800. The molecule has 0 aliphatic carbocycles. The first-order valence-electron chi connectivity index (χ1n) is 7.45. The highest BCUT2D eigenvalue weighted by molar-refractivity contribution is 7.79. The van der Waals surface area contributed by atoms with Crippen LogP contribution >= 0.6 is 7.92 Å². The maximum Gasteiger partial charge on any atom is 0.307 e. The molecule has 0 aromatic heterocycles. The number of carbonyl (C=O) groups is 1. The number of carboxylic acid groups (broad SMARTS) is 1. The van der Waals surface area contributed by atoms with Gasteiger partial charge in [-0.1, -0.05) is 84.9 Å². The molecular weight excluding hydrogens is 303 g/mol. The van der Waals surface area contributed by atoms with Crippen LogP contribution in [0, 0.1) is 0 Å². The van der Waals surface area contributed by atoms with Gasteiger partial charge in [0, 0.05) is 0 Å². The van der Waals surface area contributed by atoms with E-state index in [1.165, 1.54) is 15.9 Å². The lowest BCUT2D eigenvalue weighted by molar-refractivity contribution is -0.136. The average molecular weight is 320 g/mol. The van der Waals surface area contributed by atoms with Crippen LogP contribution in [0.15, 0.2) is 84.9 Å². The molecule has 1 N–H and O–H groups in total. The molecule has 0 saturated heterocycles. The highest BCUT2D eigenvalue weighted by Gasteiger charge is 2.15. The fourth-order valence-corrected chi connectivity index (χ4v) is 4.82. The van der Waals surface area contributed by atoms with E-state index < -0.39 is 13.9 Å². The molecule has 3 aromatic carbocycles. The predicted molar refractivity (Wildman–Crippen MR) is 96.5 cm³/mol. The quantitative estimate of drug-likeness (QED) is 0.734. The molecule has 0 amide bonds. The molecule has 0 unspecified atom stereocenters. The van der Waals surface area contributed by atoms with Gasteiger partial charge in [0.25, 0.3) is 0 Å². The van der Waals surface area contributed by atoms with Crippen molar-refractivity contribution < 1.29 is 9.90 Å². The van der Waals surface area contributed by atoms with Crippen LogP contribution in [0.1, 0.15) is 5.56 Å². The predicted octanol–water partition coefficient (Wildman–Crippen LogP) is 3.07. The fourth-order valence-electron chi connectivity index (χ4n) is 2.54. The summed E-state index contributed by atoms with van der Waals surface area (Å²) in [6.07, 6.45) is 0.0644. The third kappa shape index (κ3) is 3.85. The van der Waals surface area contributed by atoms with E-state index in [0.717, 1.165) is 5.56 Å². The van der Waals surface area contributed by atoms with Crippen molar-refractivity contribution in [3.8, 4) is 0 Å². The molecule has 114 valence electrons. The van der Waals surface area contributed by atoms with E-state index in [4.69, 9.17) is 5.11 Å².